The lowest BCUT2D eigenvalue weighted by atomic mass is 9.88. The number of hydrogen-bond acceptors (Lipinski definition) is 6. The lowest BCUT2D eigenvalue weighted by Crippen LogP contribution is -2.52. The average Bonchev–Trinajstić information content (AvgIpc) is 2.90. The van der Waals surface area contributed by atoms with Gasteiger partial charge in [-0.2, -0.15) is 0 Å². The second-order valence-electron chi connectivity index (χ2n) is 10.2. The van der Waals surface area contributed by atoms with E-state index in [0.29, 0.717) is 44.1 Å². The van der Waals surface area contributed by atoms with Crippen LogP contribution >= 0.6 is 0 Å². The highest BCUT2D eigenvalue weighted by molar-refractivity contribution is 5.76. The van der Waals surface area contributed by atoms with E-state index in [1.165, 1.54) is 19.2 Å². The van der Waals surface area contributed by atoms with Gasteiger partial charge in [-0.15, -0.1) is 0 Å². The zero-order valence-corrected chi connectivity index (χ0v) is 22.7. The highest BCUT2D eigenvalue weighted by Crippen LogP contribution is 2.33. The summed E-state index contributed by atoms with van der Waals surface area (Å²) in [6.45, 7) is 2.93. The fraction of sp³-hybridized carbons (Fsp3) is 0.667. The molecule has 3 N–H and O–H groups in total. The number of halogens is 1. The first kappa shape index (κ1) is 29.6. The van der Waals surface area contributed by atoms with Crippen molar-refractivity contribution in [1.82, 2.24) is 25.8 Å². The number of urea groups is 1. The van der Waals surface area contributed by atoms with Crippen LogP contribution in [0.2, 0.25) is 0 Å². The van der Waals surface area contributed by atoms with Crippen molar-refractivity contribution in [3.63, 3.8) is 0 Å². The van der Waals surface area contributed by atoms with Gasteiger partial charge in [0.1, 0.15) is 5.82 Å². The Balaban J connectivity index is 1.62. The van der Waals surface area contributed by atoms with Crippen molar-refractivity contribution >= 4 is 18.0 Å². The first-order chi connectivity index (χ1) is 18.3. The number of alkyl carbamates (subject to hydrolysis) is 1. The van der Waals surface area contributed by atoms with Crippen LogP contribution in [0.5, 0.6) is 0 Å². The molecule has 2 aliphatic rings. The molecule has 0 bridgehead atoms. The number of methoxy groups -OCH3 is 1. The van der Waals surface area contributed by atoms with E-state index in [-0.39, 0.29) is 42.9 Å². The van der Waals surface area contributed by atoms with Crippen molar-refractivity contribution in [3.8, 4) is 0 Å². The van der Waals surface area contributed by atoms with Crippen LogP contribution in [0, 0.1) is 17.7 Å². The third-order valence-electron chi connectivity index (χ3n) is 7.32. The molecule has 2 aliphatic heterocycles. The summed E-state index contributed by atoms with van der Waals surface area (Å²) in [5, 5.41) is 8.96. The molecule has 4 amide bonds. The number of likely N-dealkylation sites (tertiary alicyclic amines) is 2. The minimum absolute atomic E-state index is 0.0322. The summed E-state index contributed by atoms with van der Waals surface area (Å²) in [7, 11) is 4.99. The van der Waals surface area contributed by atoms with Crippen molar-refractivity contribution in [2.45, 2.75) is 44.2 Å². The summed E-state index contributed by atoms with van der Waals surface area (Å²) in [4.78, 5) is 40.1. The molecule has 2 heterocycles. The molecule has 38 heavy (non-hydrogen) atoms. The normalized spacial score (nSPS) is 21.5. The summed E-state index contributed by atoms with van der Waals surface area (Å²) in [5.41, 5.74) is 0.708. The Kier molecular flexibility index (Phi) is 11.6. The highest BCUT2D eigenvalue weighted by Gasteiger charge is 2.33. The predicted octanol–water partition coefficient (Wildman–Crippen LogP) is 2.51. The number of hydrogen-bond donors (Lipinski definition) is 3. The van der Waals surface area contributed by atoms with E-state index in [1.807, 2.05) is 25.1 Å². The number of nitrogens with zero attached hydrogens (tertiary/aromatic N) is 2. The standard InChI is InChI=1S/C27H42FN5O5/c1-29-16-23(14-19-9-10-24(34)32(2)17-19)31-26(35)33-12-5-7-21(18-33)25(20-6-4-8-22(28)15-20)38-13-11-30-27(36)37-3/h4,6,8,15,19,21,23,25,29H,5,7,9-14,16-18H2,1-3H3,(H,30,36)(H,31,35). The van der Waals surface area contributed by atoms with E-state index in [2.05, 4.69) is 20.7 Å². The number of benzene rings is 1. The lowest BCUT2D eigenvalue weighted by molar-refractivity contribution is -0.133. The van der Waals surface area contributed by atoms with Crippen molar-refractivity contribution < 1.29 is 28.2 Å². The van der Waals surface area contributed by atoms with Crippen LogP contribution in [-0.2, 0) is 14.3 Å². The maximum Gasteiger partial charge on any atom is 0.406 e. The Bertz CT molecular complexity index is 935. The third kappa shape index (κ3) is 8.83. The number of ether oxygens (including phenoxy) is 2. The molecule has 4 atom stereocenters. The minimum atomic E-state index is -0.543. The van der Waals surface area contributed by atoms with E-state index in [4.69, 9.17) is 4.74 Å². The molecular formula is C27H42FN5O5. The van der Waals surface area contributed by atoms with Crippen LogP contribution < -0.4 is 16.0 Å². The van der Waals surface area contributed by atoms with Crippen molar-refractivity contribution in [1.29, 1.82) is 0 Å². The van der Waals surface area contributed by atoms with Crippen LogP contribution in [-0.4, -0.2) is 94.4 Å². The quantitative estimate of drug-likeness (QED) is 0.376. The minimum Gasteiger partial charge on any atom is -0.453 e. The fourth-order valence-corrected chi connectivity index (χ4v) is 5.44. The van der Waals surface area contributed by atoms with Crippen molar-refractivity contribution in [3.05, 3.63) is 35.6 Å². The molecule has 0 radical (unpaired) electrons. The topological polar surface area (TPSA) is 112 Å². The zero-order chi connectivity index (χ0) is 27.5. The van der Waals surface area contributed by atoms with Gasteiger partial charge < -0.3 is 35.2 Å². The SMILES string of the molecule is CNCC(CC1CCC(=O)N(C)C1)NC(=O)N1CCCC(C(OCCNC(=O)OC)c2cccc(F)c2)C1. The number of carbonyl (C=O) groups is 3. The molecule has 2 saturated heterocycles. The Labute approximate surface area is 224 Å². The molecule has 212 valence electrons. The van der Waals surface area contributed by atoms with Crippen LogP contribution in [0.3, 0.4) is 0 Å². The van der Waals surface area contributed by atoms with Gasteiger partial charge in [0.15, 0.2) is 0 Å². The maximum absolute atomic E-state index is 14.1. The molecule has 1 aromatic rings. The predicted molar refractivity (Wildman–Crippen MR) is 141 cm³/mol. The third-order valence-corrected chi connectivity index (χ3v) is 7.32. The van der Waals surface area contributed by atoms with Crippen LogP contribution in [0.25, 0.3) is 0 Å². The van der Waals surface area contributed by atoms with Crippen molar-refractivity contribution in [2.75, 3.05) is 60.5 Å². The summed E-state index contributed by atoms with van der Waals surface area (Å²) < 4.78 is 24.8. The van der Waals surface area contributed by atoms with E-state index in [9.17, 15) is 18.8 Å². The Morgan fingerprint density at radius 1 is 1.24 bits per heavy atom. The molecule has 1 aromatic carbocycles. The molecule has 0 spiro atoms. The summed E-state index contributed by atoms with van der Waals surface area (Å²) >= 11 is 0. The van der Waals surface area contributed by atoms with Gasteiger partial charge in [-0.05, 0) is 56.3 Å². The number of piperidine rings is 2. The van der Waals surface area contributed by atoms with Gasteiger partial charge in [-0.25, -0.2) is 14.0 Å². The van der Waals surface area contributed by atoms with Gasteiger partial charge in [-0.3, -0.25) is 4.79 Å². The monoisotopic (exact) mass is 535 g/mol. The van der Waals surface area contributed by atoms with Gasteiger partial charge in [0, 0.05) is 58.2 Å². The van der Waals surface area contributed by atoms with E-state index in [0.717, 1.165) is 25.7 Å². The Morgan fingerprint density at radius 3 is 2.76 bits per heavy atom. The zero-order valence-electron chi connectivity index (χ0n) is 22.7. The molecule has 0 aromatic heterocycles. The van der Waals surface area contributed by atoms with Gasteiger partial charge in [0.05, 0.1) is 19.8 Å². The van der Waals surface area contributed by atoms with Gasteiger partial charge in [0.2, 0.25) is 5.91 Å². The second kappa shape index (κ2) is 14.9. The number of rotatable bonds is 11. The van der Waals surface area contributed by atoms with E-state index >= 15 is 0 Å². The fourth-order valence-electron chi connectivity index (χ4n) is 5.44. The lowest BCUT2D eigenvalue weighted by Gasteiger charge is -2.38. The number of nitrogens with one attached hydrogen (secondary N) is 3. The van der Waals surface area contributed by atoms with Crippen LogP contribution in [0.15, 0.2) is 24.3 Å². The smallest absolute Gasteiger partial charge is 0.406 e. The molecule has 10 nitrogen and oxygen atoms in total. The Morgan fingerprint density at radius 2 is 2.05 bits per heavy atom. The van der Waals surface area contributed by atoms with Crippen LogP contribution in [0.1, 0.15) is 43.8 Å². The van der Waals surface area contributed by atoms with Gasteiger partial charge in [-0.1, -0.05) is 12.1 Å². The van der Waals surface area contributed by atoms with Crippen molar-refractivity contribution in [2.24, 2.45) is 11.8 Å². The Hall–Kier alpha value is -2.92. The average molecular weight is 536 g/mol. The number of amides is 4. The first-order valence-corrected chi connectivity index (χ1v) is 13.4. The van der Waals surface area contributed by atoms with Crippen LogP contribution in [0.4, 0.5) is 14.0 Å². The second-order valence-corrected chi connectivity index (χ2v) is 10.2. The molecule has 4 unspecified atom stereocenters. The number of likely N-dealkylation sites (N-methyl/N-ethyl adjacent to an activating group) is 1. The maximum atomic E-state index is 14.1. The van der Waals surface area contributed by atoms with Gasteiger partial charge >= 0.3 is 12.1 Å². The van der Waals surface area contributed by atoms with Gasteiger partial charge in [0.25, 0.3) is 0 Å². The summed E-state index contributed by atoms with van der Waals surface area (Å²) in [5.74, 6) is 0.134. The molecule has 11 heteroatoms. The first-order valence-electron chi connectivity index (χ1n) is 13.4. The highest BCUT2D eigenvalue weighted by atomic mass is 19.1. The molecule has 0 aliphatic carbocycles. The largest absolute Gasteiger partial charge is 0.453 e. The molecular weight excluding hydrogens is 493 g/mol. The number of carbonyl (C=O) groups excluding carboxylic acids is 3. The molecule has 0 saturated carbocycles. The summed E-state index contributed by atoms with van der Waals surface area (Å²) in [6.07, 6.45) is 2.85. The molecule has 3 rings (SSSR count). The summed E-state index contributed by atoms with van der Waals surface area (Å²) in [6, 6.07) is 6.16. The van der Waals surface area contributed by atoms with E-state index in [1.54, 1.807) is 11.0 Å². The van der Waals surface area contributed by atoms with E-state index < -0.39 is 12.2 Å². The molecule has 2 fully saturated rings.